The lowest BCUT2D eigenvalue weighted by Crippen LogP contribution is -2.31. The second-order valence-corrected chi connectivity index (χ2v) is 14.7. The molecule has 0 spiro atoms. The van der Waals surface area contributed by atoms with Crippen LogP contribution in [-0.2, 0) is 27.7 Å². The molecule has 0 aliphatic heterocycles. The molecule has 1 saturated carbocycles. The summed E-state index contributed by atoms with van der Waals surface area (Å²) in [7, 11) is -2.56. The fourth-order valence-electron chi connectivity index (χ4n) is 6.89. The number of carbonyl (C=O) groups excluding carboxylic acids is 2. The fourth-order valence-corrected chi connectivity index (χ4v) is 8.11. The van der Waals surface area contributed by atoms with Crippen molar-refractivity contribution in [2.24, 2.45) is 0 Å². The number of nitrogens with zero attached hydrogens (tertiary/aromatic N) is 1. The molecule has 5 aromatic carbocycles. The first-order chi connectivity index (χ1) is 24.7. The molecule has 0 saturated heterocycles. The number of aryl methyl sites for hydroxylation is 1. The lowest BCUT2D eigenvalue weighted by Gasteiger charge is -2.13. The quantitative estimate of drug-likeness (QED) is 0.148. The number of carbonyl (C=O) groups is 2. The molecule has 2 amide bonds. The van der Waals surface area contributed by atoms with Gasteiger partial charge in [-0.25, -0.2) is 17.9 Å². The van der Waals surface area contributed by atoms with Crippen molar-refractivity contribution in [2.45, 2.75) is 56.6 Å². The highest BCUT2D eigenvalue weighted by molar-refractivity contribution is 7.90. The van der Waals surface area contributed by atoms with Crippen LogP contribution in [0.4, 0.5) is 10.5 Å². The van der Waals surface area contributed by atoms with Gasteiger partial charge in [0, 0.05) is 41.3 Å². The van der Waals surface area contributed by atoms with E-state index >= 15 is 0 Å². The number of anilines is 1. The Bertz CT molecular complexity index is 2380. The lowest BCUT2D eigenvalue weighted by molar-refractivity contribution is 0.0980. The molecule has 260 valence electrons. The molecule has 1 aromatic heterocycles. The van der Waals surface area contributed by atoms with Crippen molar-refractivity contribution in [1.29, 1.82) is 0 Å². The van der Waals surface area contributed by atoms with Crippen molar-refractivity contribution >= 4 is 49.4 Å². The Kier molecular flexibility index (Phi) is 9.51. The van der Waals surface area contributed by atoms with Crippen LogP contribution < -0.4 is 14.8 Å². The SMILES string of the molecule is COc1cc(C(=O)NS(=O)(=O)c2ccccc2C)ccc1Cc1cn(Cc2ccc3ccccc3c2)c2ccc(NC(=O)OC3CCCC3)cc12. The Morgan fingerprint density at radius 2 is 1.61 bits per heavy atom. The number of methoxy groups -OCH3 is 1. The van der Waals surface area contributed by atoms with Gasteiger partial charge >= 0.3 is 6.09 Å². The smallest absolute Gasteiger partial charge is 0.411 e. The van der Waals surface area contributed by atoms with E-state index in [1.165, 1.54) is 23.9 Å². The number of benzene rings is 5. The molecule has 0 unspecified atom stereocenters. The van der Waals surface area contributed by atoms with Crippen molar-refractivity contribution in [3.63, 3.8) is 0 Å². The summed E-state index contributed by atoms with van der Waals surface area (Å²) in [6.45, 7) is 2.31. The first kappa shape index (κ1) is 33.9. The molecule has 9 nitrogen and oxygen atoms in total. The van der Waals surface area contributed by atoms with Gasteiger partial charge in [-0.2, -0.15) is 0 Å². The molecule has 2 N–H and O–H groups in total. The molecule has 0 bridgehead atoms. The van der Waals surface area contributed by atoms with E-state index in [2.05, 4.69) is 51.1 Å². The molecule has 1 aliphatic rings. The number of hydrogen-bond donors (Lipinski definition) is 2. The second kappa shape index (κ2) is 14.3. The summed E-state index contributed by atoms with van der Waals surface area (Å²) in [6.07, 6.45) is 5.96. The third-order valence-electron chi connectivity index (χ3n) is 9.49. The summed E-state index contributed by atoms with van der Waals surface area (Å²) in [5.74, 6) is -0.309. The summed E-state index contributed by atoms with van der Waals surface area (Å²) in [4.78, 5) is 26.0. The highest BCUT2D eigenvalue weighted by Gasteiger charge is 2.23. The largest absolute Gasteiger partial charge is 0.496 e. The van der Waals surface area contributed by atoms with Crippen molar-refractivity contribution < 1.29 is 27.5 Å². The van der Waals surface area contributed by atoms with Crippen LogP contribution >= 0.6 is 0 Å². The van der Waals surface area contributed by atoms with E-state index in [4.69, 9.17) is 9.47 Å². The third kappa shape index (κ3) is 7.46. The summed E-state index contributed by atoms with van der Waals surface area (Å²) >= 11 is 0. The highest BCUT2D eigenvalue weighted by atomic mass is 32.2. The van der Waals surface area contributed by atoms with Crippen LogP contribution in [0.25, 0.3) is 21.7 Å². The van der Waals surface area contributed by atoms with Gasteiger partial charge in [-0.15, -0.1) is 0 Å². The average molecular weight is 702 g/mol. The zero-order valence-electron chi connectivity index (χ0n) is 28.5. The van der Waals surface area contributed by atoms with Crippen LogP contribution in [-0.4, -0.2) is 38.2 Å². The highest BCUT2D eigenvalue weighted by Crippen LogP contribution is 2.32. The van der Waals surface area contributed by atoms with Crippen LogP contribution in [0, 0.1) is 6.92 Å². The van der Waals surface area contributed by atoms with E-state index in [1.54, 1.807) is 43.3 Å². The normalized spacial score (nSPS) is 13.4. The first-order valence-corrected chi connectivity index (χ1v) is 18.5. The summed E-state index contributed by atoms with van der Waals surface area (Å²) in [5.41, 5.74) is 5.24. The summed E-state index contributed by atoms with van der Waals surface area (Å²) < 4.78 is 41.8. The summed E-state index contributed by atoms with van der Waals surface area (Å²) in [6, 6.07) is 32.0. The molecule has 7 rings (SSSR count). The van der Waals surface area contributed by atoms with Gasteiger partial charge in [-0.05, 0) is 108 Å². The predicted molar refractivity (Wildman–Crippen MR) is 199 cm³/mol. The number of nitrogens with one attached hydrogen (secondary N) is 2. The molecule has 1 fully saturated rings. The molecule has 0 radical (unpaired) electrons. The molecular weight excluding hydrogens is 663 g/mol. The van der Waals surface area contributed by atoms with Crippen molar-refractivity contribution in [3.05, 3.63) is 137 Å². The molecule has 0 atom stereocenters. The van der Waals surface area contributed by atoms with Crippen LogP contribution in [0.2, 0.25) is 0 Å². The third-order valence-corrected chi connectivity index (χ3v) is 11.0. The molecular formula is C41H39N3O6S. The molecule has 51 heavy (non-hydrogen) atoms. The van der Waals surface area contributed by atoms with E-state index < -0.39 is 22.0 Å². The van der Waals surface area contributed by atoms with E-state index in [1.807, 2.05) is 30.3 Å². The maximum Gasteiger partial charge on any atom is 0.411 e. The minimum Gasteiger partial charge on any atom is -0.496 e. The van der Waals surface area contributed by atoms with Gasteiger partial charge in [0.1, 0.15) is 11.9 Å². The van der Waals surface area contributed by atoms with E-state index in [0.717, 1.165) is 53.3 Å². The number of amides is 2. The van der Waals surface area contributed by atoms with Gasteiger partial charge in [0.15, 0.2) is 0 Å². The van der Waals surface area contributed by atoms with E-state index in [9.17, 15) is 18.0 Å². The molecule has 6 aromatic rings. The lowest BCUT2D eigenvalue weighted by atomic mass is 10.0. The molecule has 1 heterocycles. The van der Waals surface area contributed by atoms with Gasteiger partial charge in [0.05, 0.1) is 12.0 Å². The topological polar surface area (TPSA) is 116 Å². The Morgan fingerprint density at radius 1 is 0.843 bits per heavy atom. The van der Waals surface area contributed by atoms with Crippen LogP contribution in [0.3, 0.4) is 0 Å². The Morgan fingerprint density at radius 3 is 2.39 bits per heavy atom. The van der Waals surface area contributed by atoms with Gasteiger partial charge < -0.3 is 14.0 Å². The van der Waals surface area contributed by atoms with Gasteiger partial charge in [-0.1, -0.05) is 60.7 Å². The number of hydrogen-bond acceptors (Lipinski definition) is 6. The van der Waals surface area contributed by atoms with E-state index in [0.29, 0.717) is 30.0 Å². The fraction of sp³-hybridized carbons (Fsp3) is 0.220. The number of fused-ring (bicyclic) bond motifs is 2. The Hall–Kier alpha value is -5.61. The van der Waals surface area contributed by atoms with E-state index in [-0.39, 0.29) is 16.6 Å². The predicted octanol–water partition coefficient (Wildman–Crippen LogP) is 8.36. The minimum absolute atomic E-state index is 0.0441. The van der Waals surface area contributed by atoms with Gasteiger partial charge in [-0.3, -0.25) is 10.1 Å². The van der Waals surface area contributed by atoms with Crippen LogP contribution in [0.5, 0.6) is 5.75 Å². The van der Waals surface area contributed by atoms with Gasteiger partial charge in [0.25, 0.3) is 15.9 Å². The van der Waals surface area contributed by atoms with Gasteiger partial charge in [0.2, 0.25) is 0 Å². The number of sulfonamides is 1. The maximum atomic E-state index is 13.2. The number of ether oxygens (including phenoxy) is 2. The van der Waals surface area contributed by atoms with Crippen molar-refractivity contribution in [1.82, 2.24) is 9.29 Å². The zero-order valence-corrected chi connectivity index (χ0v) is 29.3. The second-order valence-electron chi connectivity index (χ2n) is 13.0. The first-order valence-electron chi connectivity index (χ1n) is 17.0. The van der Waals surface area contributed by atoms with Crippen LogP contribution in [0.1, 0.15) is 58.3 Å². The van der Waals surface area contributed by atoms with Crippen molar-refractivity contribution in [3.8, 4) is 5.75 Å². The summed E-state index contributed by atoms with van der Waals surface area (Å²) in [5, 5.41) is 6.21. The Balaban J connectivity index is 1.19. The molecule has 10 heteroatoms. The zero-order chi connectivity index (χ0) is 35.5. The maximum absolute atomic E-state index is 13.2. The monoisotopic (exact) mass is 701 g/mol. The standard InChI is InChI=1S/C41H39N3O6S/c1-27-9-3-8-14-39(27)51(47,48)43-40(45)32-18-17-31(38(23-32)49-2)22-33-26-44(25-28-15-16-29-10-4-5-11-30(29)21-28)37-20-19-34(24-36(33)37)42-41(46)50-35-12-6-7-13-35/h3-5,8-11,14-21,23-24,26,35H,6-7,12-13,22,25H2,1-2H3,(H,42,46)(H,43,45). The molecule has 1 aliphatic carbocycles. The van der Waals surface area contributed by atoms with Crippen LogP contribution in [0.15, 0.2) is 114 Å². The minimum atomic E-state index is -4.08. The average Bonchev–Trinajstić information content (AvgIpc) is 3.75. The number of rotatable bonds is 10. The Labute approximate surface area is 297 Å². The number of aromatic nitrogens is 1. The van der Waals surface area contributed by atoms with Crippen molar-refractivity contribution in [2.75, 3.05) is 12.4 Å².